The predicted octanol–water partition coefficient (Wildman–Crippen LogP) is 1.52. The van der Waals surface area contributed by atoms with Crippen LogP contribution in [0.3, 0.4) is 0 Å². The molecule has 2 aliphatic heterocycles. The van der Waals surface area contributed by atoms with Crippen LogP contribution in [0.25, 0.3) is 0 Å². The number of rotatable bonds is 1. The minimum Gasteiger partial charge on any atom is -0.305 e. The van der Waals surface area contributed by atoms with Gasteiger partial charge in [0.1, 0.15) is 0 Å². The van der Waals surface area contributed by atoms with E-state index in [0.717, 1.165) is 6.04 Å². The topological polar surface area (TPSA) is 6.48 Å². The molecule has 2 rings (SSSR count). The SMILES string of the molecule is CN1CCCC(N2CCCSCC2)C1. The first kappa shape index (κ1) is 10.8. The molecule has 0 bridgehead atoms. The van der Waals surface area contributed by atoms with Crippen molar-refractivity contribution >= 4 is 11.8 Å². The molecule has 0 aromatic heterocycles. The number of likely N-dealkylation sites (N-methyl/N-ethyl adjacent to an activating group) is 1. The molecule has 0 amide bonds. The number of nitrogens with zero attached hydrogens (tertiary/aromatic N) is 2. The third kappa shape index (κ3) is 2.88. The molecule has 2 heterocycles. The Morgan fingerprint density at radius 2 is 2.00 bits per heavy atom. The van der Waals surface area contributed by atoms with Crippen molar-refractivity contribution in [2.45, 2.75) is 25.3 Å². The van der Waals surface area contributed by atoms with Crippen LogP contribution in [-0.4, -0.2) is 60.6 Å². The summed E-state index contributed by atoms with van der Waals surface area (Å²) in [6.45, 7) is 5.26. The highest BCUT2D eigenvalue weighted by molar-refractivity contribution is 7.99. The zero-order valence-corrected chi connectivity index (χ0v) is 10.1. The first-order valence-electron chi connectivity index (χ1n) is 5.86. The number of piperidine rings is 1. The Hall–Kier alpha value is 0.270. The molecular weight excluding hydrogens is 192 g/mol. The summed E-state index contributed by atoms with van der Waals surface area (Å²) in [4.78, 5) is 5.22. The molecule has 0 aliphatic carbocycles. The van der Waals surface area contributed by atoms with Crippen LogP contribution in [-0.2, 0) is 0 Å². The van der Waals surface area contributed by atoms with E-state index in [-0.39, 0.29) is 0 Å². The highest BCUT2D eigenvalue weighted by Crippen LogP contribution is 2.18. The molecule has 0 aromatic carbocycles. The van der Waals surface area contributed by atoms with Crippen LogP contribution in [0, 0.1) is 0 Å². The number of hydrogen-bond acceptors (Lipinski definition) is 3. The maximum Gasteiger partial charge on any atom is 0.0223 e. The van der Waals surface area contributed by atoms with Crippen molar-refractivity contribution in [1.82, 2.24) is 9.80 Å². The van der Waals surface area contributed by atoms with Crippen molar-refractivity contribution in [2.24, 2.45) is 0 Å². The molecule has 2 aliphatic rings. The summed E-state index contributed by atoms with van der Waals surface area (Å²) < 4.78 is 0. The summed E-state index contributed by atoms with van der Waals surface area (Å²) in [5.41, 5.74) is 0. The monoisotopic (exact) mass is 214 g/mol. The molecule has 0 saturated carbocycles. The zero-order chi connectivity index (χ0) is 9.80. The maximum absolute atomic E-state index is 2.73. The van der Waals surface area contributed by atoms with Crippen LogP contribution < -0.4 is 0 Å². The lowest BCUT2D eigenvalue weighted by atomic mass is 10.0. The van der Waals surface area contributed by atoms with Gasteiger partial charge in [0.2, 0.25) is 0 Å². The minimum atomic E-state index is 0.854. The average Bonchev–Trinajstić information content (AvgIpc) is 2.45. The van der Waals surface area contributed by atoms with E-state index >= 15 is 0 Å². The van der Waals surface area contributed by atoms with Crippen molar-refractivity contribution in [3.05, 3.63) is 0 Å². The van der Waals surface area contributed by atoms with Crippen molar-refractivity contribution in [1.29, 1.82) is 0 Å². The molecule has 0 N–H and O–H groups in total. The first-order valence-corrected chi connectivity index (χ1v) is 7.02. The van der Waals surface area contributed by atoms with Gasteiger partial charge in [-0.3, -0.25) is 4.90 Å². The number of thioether (sulfide) groups is 1. The summed E-state index contributed by atoms with van der Waals surface area (Å²) in [7, 11) is 2.26. The molecule has 0 radical (unpaired) electrons. The van der Waals surface area contributed by atoms with E-state index in [4.69, 9.17) is 0 Å². The van der Waals surface area contributed by atoms with E-state index in [2.05, 4.69) is 28.6 Å². The van der Waals surface area contributed by atoms with E-state index in [9.17, 15) is 0 Å². The van der Waals surface area contributed by atoms with Crippen molar-refractivity contribution in [2.75, 3.05) is 44.7 Å². The lowest BCUT2D eigenvalue weighted by Crippen LogP contribution is -2.47. The predicted molar refractivity (Wildman–Crippen MR) is 64.0 cm³/mol. The van der Waals surface area contributed by atoms with Crippen LogP contribution in [0.5, 0.6) is 0 Å². The Morgan fingerprint density at radius 1 is 1.07 bits per heavy atom. The highest BCUT2D eigenvalue weighted by atomic mass is 32.2. The van der Waals surface area contributed by atoms with E-state index in [1.54, 1.807) is 0 Å². The van der Waals surface area contributed by atoms with Crippen LogP contribution in [0.4, 0.5) is 0 Å². The molecule has 2 nitrogen and oxygen atoms in total. The van der Waals surface area contributed by atoms with E-state index in [1.165, 1.54) is 56.9 Å². The van der Waals surface area contributed by atoms with Crippen LogP contribution >= 0.6 is 11.8 Å². The van der Waals surface area contributed by atoms with E-state index in [1.807, 2.05) is 0 Å². The van der Waals surface area contributed by atoms with Gasteiger partial charge in [0.25, 0.3) is 0 Å². The van der Waals surface area contributed by atoms with Crippen LogP contribution in [0.15, 0.2) is 0 Å². The second-order valence-electron chi connectivity index (χ2n) is 4.56. The van der Waals surface area contributed by atoms with Gasteiger partial charge in [-0.2, -0.15) is 11.8 Å². The first-order chi connectivity index (χ1) is 6.86. The summed E-state index contributed by atoms with van der Waals surface area (Å²) in [5, 5.41) is 0. The Bertz CT molecular complexity index is 167. The quantitative estimate of drug-likeness (QED) is 0.653. The molecule has 1 unspecified atom stereocenters. The molecule has 2 fully saturated rings. The van der Waals surface area contributed by atoms with Crippen molar-refractivity contribution in [3.63, 3.8) is 0 Å². The van der Waals surface area contributed by atoms with Gasteiger partial charge in [-0.1, -0.05) is 0 Å². The summed E-state index contributed by atoms with van der Waals surface area (Å²) in [5.74, 6) is 2.72. The summed E-state index contributed by atoms with van der Waals surface area (Å²) >= 11 is 2.13. The van der Waals surface area contributed by atoms with Gasteiger partial charge < -0.3 is 4.90 Å². The molecular formula is C11H22N2S. The fourth-order valence-electron chi connectivity index (χ4n) is 2.57. The molecule has 14 heavy (non-hydrogen) atoms. The largest absolute Gasteiger partial charge is 0.305 e. The molecule has 3 heteroatoms. The normalized spacial score (nSPS) is 32.8. The van der Waals surface area contributed by atoms with Gasteiger partial charge in [0, 0.05) is 24.9 Å². The third-order valence-electron chi connectivity index (χ3n) is 3.37. The lowest BCUT2D eigenvalue weighted by molar-refractivity contribution is 0.119. The van der Waals surface area contributed by atoms with Gasteiger partial charge in [-0.05, 0) is 45.2 Å². The van der Waals surface area contributed by atoms with Crippen LogP contribution in [0.1, 0.15) is 19.3 Å². The van der Waals surface area contributed by atoms with Crippen molar-refractivity contribution < 1.29 is 0 Å². The second-order valence-corrected chi connectivity index (χ2v) is 5.78. The standard InChI is InChI=1S/C11H22N2S/c1-12-5-2-4-11(10-12)13-6-3-8-14-9-7-13/h11H,2-10H2,1H3. The van der Waals surface area contributed by atoms with Crippen molar-refractivity contribution in [3.8, 4) is 0 Å². The lowest BCUT2D eigenvalue weighted by Gasteiger charge is -2.37. The Balaban J connectivity index is 1.85. The zero-order valence-electron chi connectivity index (χ0n) is 9.24. The average molecular weight is 214 g/mol. The van der Waals surface area contributed by atoms with E-state index in [0.29, 0.717) is 0 Å². The van der Waals surface area contributed by atoms with Gasteiger partial charge in [0.05, 0.1) is 0 Å². The number of hydrogen-bond donors (Lipinski definition) is 0. The smallest absolute Gasteiger partial charge is 0.0223 e. The second kappa shape index (κ2) is 5.38. The Morgan fingerprint density at radius 3 is 2.86 bits per heavy atom. The summed E-state index contributed by atoms with van der Waals surface area (Å²) in [6, 6.07) is 0.854. The number of likely N-dealkylation sites (tertiary alicyclic amines) is 1. The van der Waals surface area contributed by atoms with Crippen LogP contribution in [0.2, 0.25) is 0 Å². The minimum absolute atomic E-state index is 0.854. The molecule has 1 atom stereocenters. The van der Waals surface area contributed by atoms with Gasteiger partial charge in [-0.25, -0.2) is 0 Å². The highest BCUT2D eigenvalue weighted by Gasteiger charge is 2.23. The fraction of sp³-hybridized carbons (Fsp3) is 1.00. The molecule has 82 valence electrons. The van der Waals surface area contributed by atoms with Gasteiger partial charge in [-0.15, -0.1) is 0 Å². The van der Waals surface area contributed by atoms with E-state index < -0.39 is 0 Å². The molecule has 2 saturated heterocycles. The molecule has 0 spiro atoms. The third-order valence-corrected chi connectivity index (χ3v) is 4.42. The maximum atomic E-state index is 2.73. The summed E-state index contributed by atoms with van der Waals surface area (Å²) in [6.07, 6.45) is 4.21. The molecule has 0 aromatic rings. The Kier molecular flexibility index (Phi) is 4.14. The fourth-order valence-corrected chi connectivity index (χ4v) is 3.47. The Labute approximate surface area is 92.0 Å². The van der Waals surface area contributed by atoms with Gasteiger partial charge in [0.15, 0.2) is 0 Å². The van der Waals surface area contributed by atoms with Gasteiger partial charge >= 0.3 is 0 Å².